The first-order valence-corrected chi connectivity index (χ1v) is 8.26. The van der Waals surface area contributed by atoms with E-state index in [9.17, 15) is 19.2 Å². The summed E-state index contributed by atoms with van der Waals surface area (Å²) in [6.45, 7) is 1.79. The van der Waals surface area contributed by atoms with Crippen molar-refractivity contribution in [2.24, 2.45) is 14.1 Å². The van der Waals surface area contributed by atoms with Gasteiger partial charge in [-0.15, -0.1) is 0 Å². The Kier molecular flexibility index (Phi) is 6.53. The molecule has 1 amide bonds. The molecule has 0 saturated carbocycles. The van der Waals surface area contributed by atoms with Crippen LogP contribution in [0.3, 0.4) is 0 Å². The maximum absolute atomic E-state index is 12.0. The summed E-state index contributed by atoms with van der Waals surface area (Å²) in [5.74, 6) is -0.480. The summed E-state index contributed by atoms with van der Waals surface area (Å²) >= 11 is 0. The molecule has 9 heteroatoms. The first kappa shape index (κ1) is 20.0. The van der Waals surface area contributed by atoms with Crippen molar-refractivity contribution in [1.82, 2.24) is 14.5 Å². The fraction of sp³-hybridized carbons (Fsp3) is 0.333. The summed E-state index contributed by atoms with van der Waals surface area (Å²) in [6.07, 6.45) is 0. The molecule has 2 aromatic rings. The molecule has 1 heterocycles. The molecule has 0 fully saturated rings. The lowest BCUT2D eigenvalue weighted by Crippen LogP contribution is -2.38. The van der Waals surface area contributed by atoms with Gasteiger partial charge in [0.1, 0.15) is 18.9 Å². The number of esters is 1. The van der Waals surface area contributed by atoms with Crippen LogP contribution in [0.5, 0.6) is 5.75 Å². The monoisotopic (exact) mass is 375 g/mol. The number of ether oxygens (including phenoxy) is 2. The third-order valence-corrected chi connectivity index (χ3v) is 3.83. The largest absolute Gasteiger partial charge is 0.494 e. The van der Waals surface area contributed by atoms with Gasteiger partial charge in [-0.05, 0) is 31.2 Å². The van der Waals surface area contributed by atoms with Gasteiger partial charge in [0.2, 0.25) is 0 Å². The van der Waals surface area contributed by atoms with Gasteiger partial charge in [0.25, 0.3) is 11.5 Å². The number of hydrogen-bond donors (Lipinski definition) is 1. The molecule has 0 aliphatic heterocycles. The predicted octanol–water partition coefficient (Wildman–Crippen LogP) is -0.0441. The number of rotatable bonds is 7. The van der Waals surface area contributed by atoms with Gasteiger partial charge < -0.3 is 14.8 Å². The molecular weight excluding hydrogens is 354 g/mol. The van der Waals surface area contributed by atoms with Crippen molar-refractivity contribution < 1.29 is 19.1 Å². The van der Waals surface area contributed by atoms with E-state index in [-0.39, 0.29) is 18.8 Å². The Bertz CT molecular complexity index is 943. The van der Waals surface area contributed by atoms with E-state index in [2.05, 4.69) is 5.32 Å². The number of benzene rings is 1. The Morgan fingerprint density at radius 3 is 2.37 bits per heavy atom. The van der Waals surface area contributed by atoms with Crippen molar-refractivity contribution in [3.63, 3.8) is 0 Å². The summed E-state index contributed by atoms with van der Waals surface area (Å²) in [5, 5.41) is 2.44. The summed E-state index contributed by atoms with van der Waals surface area (Å²) in [7, 11) is 2.83. The van der Waals surface area contributed by atoms with Crippen molar-refractivity contribution in [2.75, 3.05) is 13.2 Å². The lowest BCUT2D eigenvalue weighted by molar-refractivity contribution is -0.143. The highest BCUT2D eigenvalue weighted by molar-refractivity contribution is 5.96. The number of nitrogens with zero attached hydrogens (tertiary/aromatic N) is 2. The molecule has 2 rings (SSSR count). The van der Waals surface area contributed by atoms with Crippen LogP contribution in [-0.2, 0) is 30.2 Å². The van der Waals surface area contributed by atoms with Crippen LogP contribution < -0.4 is 21.3 Å². The zero-order chi connectivity index (χ0) is 20.0. The molecule has 1 aromatic carbocycles. The number of hydrogen-bond acceptors (Lipinski definition) is 6. The first-order chi connectivity index (χ1) is 12.8. The Balaban J connectivity index is 1.88. The van der Waals surface area contributed by atoms with Crippen molar-refractivity contribution in [3.8, 4) is 5.75 Å². The highest BCUT2D eigenvalue weighted by Gasteiger charge is 2.11. The lowest BCUT2D eigenvalue weighted by Gasteiger charge is -2.10. The second-order valence-corrected chi connectivity index (χ2v) is 5.68. The number of aromatic nitrogens is 2. The molecule has 0 aliphatic rings. The fourth-order valence-corrected chi connectivity index (χ4v) is 2.25. The zero-order valence-electron chi connectivity index (χ0n) is 15.4. The first-order valence-electron chi connectivity index (χ1n) is 8.26. The third kappa shape index (κ3) is 5.06. The van der Waals surface area contributed by atoms with Crippen molar-refractivity contribution in [1.29, 1.82) is 0 Å². The molecule has 1 aromatic heterocycles. The van der Waals surface area contributed by atoms with E-state index >= 15 is 0 Å². The summed E-state index contributed by atoms with van der Waals surface area (Å²) in [6, 6.07) is 7.70. The molecule has 0 aliphatic carbocycles. The van der Waals surface area contributed by atoms with Crippen molar-refractivity contribution >= 4 is 11.9 Å². The molecule has 0 spiro atoms. The minimum Gasteiger partial charge on any atom is -0.494 e. The van der Waals surface area contributed by atoms with E-state index in [1.165, 1.54) is 24.7 Å². The zero-order valence-corrected chi connectivity index (χ0v) is 15.4. The minimum absolute atomic E-state index is 0.250. The van der Waals surface area contributed by atoms with Crippen LogP contribution in [0.25, 0.3) is 0 Å². The van der Waals surface area contributed by atoms with E-state index in [1.54, 1.807) is 24.3 Å². The van der Waals surface area contributed by atoms with Gasteiger partial charge in [0.05, 0.1) is 12.3 Å². The topological polar surface area (TPSA) is 109 Å². The highest BCUT2D eigenvalue weighted by Crippen LogP contribution is 2.11. The van der Waals surface area contributed by atoms with Crippen LogP contribution in [0.15, 0.2) is 39.9 Å². The maximum Gasteiger partial charge on any atom is 0.330 e. The van der Waals surface area contributed by atoms with Gasteiger partial charge >= 0.3 is 11.7 Å². The van der Waals surface area contributed by atoms with E-state index in [0.29, 0.717) is 17.9 Å². The van der Waals surface area contributed by atoms with Crippen LogP contribution >= 0.6 is 0 Å². The molecule has 0 unspecified atom stereocenters. The number of carbonyl (C=O) groups is 2. The van der Waals surface area contributed by atoms with Crippen LogP contribution in [0.1, 0.15) is 23.0 Å². The number of carbonyl (C=O) groups excluding carboxylic acids is 2. The van der Waals surface area contributed by atoms with Crippen molar-refractivity contribution in [2.45, 2.75) is 13.5 Å². The molecule has 0 bridgehead atoms. The number of amides is 1. The lowest BCUT2D eigenvalue weighted by atomic mass is 10.2. The Morgan fingerprint density at radius 2 is 1.74 bits per heavy atom. The van der Waals surface area contributed by atoms with Gasteiger partial charge in [0, 0.05) is 25.7 Å². The average Bonchev–Trinajstić information content (AvgIpc) is 2.67. The number of nitrogens with one attached hydrogen (secondary N) is 1. The SMILES string of the molecule is CCOc1ccc(C(=O)NCC(=O)OCc2cc(=O)n(C)c(=O)n2C)cc1. The summed E-state index contributed by atoms with van der Waals surface area (Å²) in [4.78, 5) is 47.3. The smallest absolute Gasteiger partial charge is 0.330 e. The van der Waals surface area contributed by atoms with Crippen LogP contribution in [0.4, 0.5) is 0 Å². The fourth-order valence-electron chi connectivity index (χ4n) is 2.25. The minimum atomic E-state index is -0.692. The van der Waals surface area contributed by atoms with Gasteiger partial charge in [-0.2, -0.15) is 0 Å². The van der Waals surface area contributed by atoms with E-state index in [1.807, 2.05) is 6.92 Å². The van der Waals surface area contributed by atoms with E-state index < -0.39 is 23.1 Å². The van der Waals surface area contributed by atoms with Crippen molar-refractivity contribution in [3.05, 3.63) is 62.4 Å². The Morgan fingerprint density at radius 1 is 1.07 bits per heavy atom. The second-order valence-electron chi connectivity index (χ2n) is 5.68. The molecule has 144 valence electrons. The molecule has 1 N–H and O–H groups in total. The van der Waals surface area contributed by atoms with Gasteiger partial charge in [0.15, 0.2) is 0 Å². The highest BCUT2D eigenvalue weighted by atomic mass is 16.5. The van der Waals surface area contributed by atoms with Gasteiger partial charge in [-0.1, -0.05) is 0 Å². The second kappa shape index (κ2) is 8.84. The van der Waals surface area contributed by atoms with E-state index in [0.717, 1.165) is 4.57 Å². The average molecular weight is 375 g/mol. The Labute approximate surface area is 155 Å². The normalized spacial score (nSPS) is 10.3. The van der Waals surface area contributed by atoms with Crippen LogP contribution in [-0.4, -0.2) is 34.2 Å². The molecule has 9 nitrogen and oxygen atoms in total. The molecule has 0 saturated heterocycles. The molecule has 0 radical (unpaired) electrons. The van der Waals surface area contributed by atoms with Gasteiger partial charge in [-0.25, -0.2) is 4.79 Å². The maximum atomic E-state index is 12.0. The Hall–Kier alpha value is -3.36. The van der Waals surface area contributed by atoms with Crippen LogP contribution in [0.2, 0.25) is 0 Å². The predicted molar refractivity (Wildman–Crippen MR) is 96.7 cm³/mol. The quantitative estimate of drug-likeness (QED) is 0.680. The van der Waals surface area contributed by atoms with Crippen LogP contribution in [0, 0.1) is 0 Å². The molecule has 0 atom stereocenters. The molecular formula is C18H21N3O6. The standard InChI is InChI=1S/C18H21N3O6/c1-4-26-14-7-5-12(6-8-14)17(24)19-10-16(23)27-11-13-9-15(22)21(3)18(25)20(13)2/h5-9H,4,10-11H2,1-3H3,(H,19,24). The summed E-state index contributed by atoms with van der Waals surface area (Å²) < 4.78 is 12.5. The summed E-state index contributed by atoms with van der Waals surface area (Å²) in [5.41, 5.74) is -0.375. The molecule has 27 heavy (non-hydrogen) atoms. The van der Waals surface area contributed by atoms with E-state index in [4.69, 9.17) is 9.47 Å². The van der Waals surface area contributed by atoms with Gasteiger partial charge in [-0.3, -0.25) is 23.5 Å². The third-order valence-electron chi connectivity index (χ3n) is 3.83.